The van der Waals surface area contributed by atoms with Crippen molar-refractivity contribution in [3.05, 3.63) is 30.2 Å². The number of carbonyl (C=O) groups excluding carboxylic acids is 2. The van der Waals surface area contributed by atoms with Crippen molar-refractivity contribution in [2.24, 2.45) is 5.92 Å². The van der Waals surface area contributed by atoms with Gasteiger partial charge >= 0.3 is 6.09 Å². The van der Waals surface area contributed by atoms with Gasteiger partial charge in [-0.05, 0) is 43.7 Å². The minimum Gasteiger partial charge on any atom is -0.465 e. The van der Waals surface area contributed by atoms with Gasteiger partial charge in [0.25, 0.3) is 5.89 Å². The maximum absolute atomic E-state index is 12.8. The van der Waals surface area contributed by atoms with Gasteiger partial charge in [0.2, 0.25) is 11.7 Å². The lowest BCUT2D eigenvalue weighted by Crippen LogP contribution is -2.49. The summed E-state index contributed by atoms with van der Waals surface area (Å²) in [7, 11) is 0. The molecule has 4 rings (SSSR count). The van der Waals surface area contributed by atoms with Gasteiger partial charge in [-0.25, -0.2) is 9.78 Å². The van der Waals surface area contributed by atoms with E-state index in [9.17, 15) is 19.5 Å². The number of oxazole rings is 1. The third-order valence-electron chi connectivity index (χ3n) is 7.10. The zero-order valence-electron chi connectivity index (χ0n) is 20.2. The number of hydrogen-bond donors (Lipinski definition) is 1. The zero-order valence-corrected chi connectivity index (χ0v) is 20.2. The molecule has 0 spiro atoms. The molecule has 35 heavy (non-hydrogen) atoms. The van der Waals surface area contributed by atoms with Crippen LogP contribution in [0.5, 0.6) is 0 Å². The summed E-state index contributed by atoms with van der Waals surface area (Å²) in [6.07, 6.45) is 6.53. The van der Waals surface area contributed by atoms with Gasteiger partial charge in [0.1, 0.15) is 5.52 Å². The first kappa shape index (κ1) is 25.2. The molecule has 1 saturated heterocycles. The molecule has 1 unspecified atom stereocenters. The number of morpholine rings is 1. The Bertz CT molecular complexity index is 982. The first-order chi connectivity index (χ1) is 17.0. The summed E-state index contributed by atoms with van der Waals surface area (Å²) in [5, 5.41) is 9.56. The molecule has 2 aliphatic rings. The number of carboxylic acid groups (broad SMARTS) is 1. The Kier molecular flexibility index (Phi) is 8.74. The van der Waals surface area contributed by atoms with Crippen molar-refractivity contribution in [2.45, 2.75) is 63.9 Å². The van der Waals surface area contributed by atoms with Gasteiger partial charge in [0.15, 0.2) is 5.58 Å². The van der Waals surface area contributed by atoms with E-state index >= 15 is 0 Å². The lowest BCUT2D eigenvalue weighted by atomic mass is 9.84. The molecule has 1 aliphatic carbocycles. The first-order valence-corrected chi connectivity index (χ1v) is 12.8. The predicted octanol–water partition coefficient (Wildman–Crippen LogP) is 4.36. The molecular formula is C26H35N3O6. The number of rotatable bonds is 10. The number of ether oxygens (including phenoxy) is 1. The van der Waals surface area contributed by atoms with Crippen molar-refractivity contribution in [1.29, 1.82) is 0 Å². The number of carbonyl (C=O) groups is 3. The molecule has 1 aromatic heterocycles. The Balaban J connectivity index is 1.18. The summed E-state index contributed by atoms with van der Waals surface area (Å²) in [5.74, 6) is 0.390. The molecule has 190 valence electrons. The van der Waals surface area contributed by atoms with Crippen LogP contribution < -0.4 is 0 Å². The number of benzene rings is 1. The summed E-state index contributed by atoms with van der Waals surface area (Å²) < 4.78 is 11.5. The molecule has 0 radical (unpaired) electrons. The monoisotopic (exact) mass is 485 g/mol. The second kappa shape index (κ2) is 12.2. The number of fused-ring (bicyclic) bond motifs is 1. The number of nitrogens with zero attached hydrogens (tertiary/aromatic N) is 3. The number of amides is 2. The van der Waals surface area contributed by atoms with Gasteiger partial charge in [-0.1, -0.05) is 31.4 Å². The van der Waals surface area contributed by atoms with Crippen molar-refractivity contribution in [2.75, 3.05) is 32.8 Å². The Morgan fingerprint density at radius 2 is 1.86 bits per heavy atom. The van der Waals surface area contributed by atoms with Crippen molar-refractivity contribution in [3.63, 3.8) is 0 Å². The molecule has 2 amide bonds. The molecular weight excluding hydrogens is 450 g/mol. The third-order valence-corrected chi connectivity index (χ3v) is 7.10. The highest BCUT2D eigenvalue weighted by Crippen LogP contribution is 2.29. The van der Waals surface area contributed by atoms with Crippen molar-refractivity contribution in [1.82, 2.24) is 14.8 Å². The normalized spacial score (nSPS) is 19.1. The fraction of sp³-hybridized carbons (Fsp3) is 0.615. The molecule has 1 aromatic carbocycles. The molecule has 1 saturated carbocycles. The minimum absolute atomic E-state index is 0.0218. The van der Waals surface area contributed by atoms with Crippen LogP contribution in [0.2, 0.25) is 0 Å². The second-order valence-electron chi connectivity index (χ2n) is 9.53. The van der Waals surface area contributed by atoms with Gasteiger partial charge in [-0.3, -0.25) is 9.59 Å². The molecule has 2 fully saturated rings. The van der Waals surface area contributed by atoms with E-state index in [0.29, 0.717) is 49.6 Å². The fourth-order valence-electron chi connectivity index (χ4n) is 5.07. The van der Waals surface area contributed by atoms with E-state index in [4.69, 9.17) is 9.15 Å². The summed E-state index contributed by atoms with van der Waals surface area (Å²) in [4.78, 5) is 44.2. The van der Waals surface area contributed by atoms with E-state index in [0.717, 1.165) is 12.8 Å². The Morgan fingerprint density at radius 1 is 1.06 bits per heavy atom. The van der Waals surface area contributed by atoms with E-state index in [-0.39, 0.29) is 49.6 Å². The van der Waals surface area contributed by atoms with Gasteiger partial charge in [-0.15, -0.1) is 0 Å². The van der Waals surface area contributed by atoms with Gasteiger partial charge in [0, 0.05) is 39.0 Å². The maximum atomic E-state index is 12.8. The molecule has 1 atom stereocenters. The van der Waals surface area contributed by atoms with Crippen LogP contribution >= 0.6 is 0 Å². The topological polar surface area (TPSA) is 113 Å². The number of aromatic nitrogens is 1. The van der Waals surface area contributed by atoms with E-state index in [1.54, 1.807) is 12.1 Å². The van der Waals surface area contributed by atoms with Crippen LogP contribution in [0.25, 0.3) is 11.1 Å². The summed E-state index contributed by atoms with van der Waals surface area (Å²) in [6, 6.07) is 7.20. The number of hydrogen-bond acceptors (Lipinski definition) is 6. The molecule has 2 heterocycles. The predicted molar refractivity (Wildman–Crippen MR) is 129 cm³/mol. The largest absolute Gasteiger partial charge is 0.465 e. The average Bonchev–Trinajstić information content (AvgIpc) is 3.33. The van der Waals surface area contributed by atoms with Crippen LogP contribution in [0.4, 0.5) is 4.79 Å². The SMILES string of the molecule is O=C(CCCCN(CCC(=O)N1CCOC(C2CCCCC2)C1)C(=O)O)c1nc2ccccc2o1. The van der Waals surface area contributed by atoms with Gasteiger partial charge in [-0.2, -0.15) is 0 Å². The Hall–Kier alpha value is -2.94. The highest BCUT2D eigenvalue weighted by molar-refractivity contribution is 5.94. The van der Waals surface area contributed by atoms with E-state index in [1.807, 2.05) is 17.0 Å². The van der Waals surface area contributed by atoms with E-state index < -0.39 is 6.09 Å². The van der Waals surface area contributed by atoms with Crippen molar-refractivity contribution in [3.8, 4) is 0 Å². The number of unbranched alkanes of at least 4 members (excludes halogenated alkanes) is 1. The summed E-state index contributed by atoms with van der Waals surface area (Å²) in [5.41, 5.74) is 1.21. The van der Waals surface area contributed by atoms with Crippen molar-refractivity contribution >= 4 is 28.9 Å². The van der Waals surface area contributed by atoms with Crippen LogP contribution in [-0.4, -0.2) is 76.6 Å². The first-order valence-electron chi connectivity index (χ1n) is 12.8. The van der Waals surface area contributed by atoms with Crippen LogP contribution in [0.15, 0.2) is 28.7 Å². The van der Waals surface area contributed by atoms with Gasteiger partial charge < -0.3 is 24.1 Å². The summed E-state index contributed by atoms with van der Waals surface area (Å²) in [6.45, 7) is 2.14. The van der Waals surface area contributed by atoms with Crippen LogP contribution in [0.3, 0.4) is 0 Å². The van der Waals surface area contributed by atoms with Crippen LogP contribution in [0.1, 0.15) is 68.5 Å². The Labute approximate surface area is 205 Å². The van der Waals surface area contributed by atoms with Gasteiger partial charge in [0.05, 0.1) is 12.7 Å². The highest BCUT2D eigenvalue weighted by Gasteiger charge is 2.31. The minimum atomic E-state index is -1.05. The molecule has 9 heteroatoms. The molecule has 9 nitrogen and oxygen atoms in total. The third kappa shape index (κ3) is 6.81. The molecule has 1 aliphatic heterocycles. The highest BCUT2D eigenvalue weighted by atomic mass is 16.5. The standard InChI is InChI=1S/C26H35N3O6/c30-21(25-27-20-10-4-5-12-22(20)35-25)11-6-7-14-28(26(32)33)15-13-24(31)29-16-17-34-23(18-29)19-8-2-1-3-9-19/h4-5,10,12,19,23H,1-3,6-9,11,13-18H2,(H,32,33). The Morgan fingerprint density at radius 3 is 2.63 bits per heavy atom. The van der Waals surface area contributed by atoms with Crippen LogP contribution in [-0.2, 0) is 9.53 Å². The lowest BCUT2D eigenvalue weighted by Gasteiger charge is -2.38. The molecule has 2 aromatic rings. The average molecular weight is 486 g/mol. The fourth-order valence-corrected chi connectivity index (χ4v) is 5.07. The number of ketones is 1. The lowest BCUT2D eigenvalue weighted by molar-refractivity contribution is -0.141. The van der Waals surface area contributed by atoms with Crippen molar-refractivity contribution < 1.29 is 28.6 Å². The second-order valence-corrected chi connectivity index (χ2v) is 9.53. The quantitative estimate of drug-likeness (QED) is 0.393. The maximum Gasteiger partial charge on any atom is 0.407 e. The zero-order chi connectivity index (χ0) is 24.6. The van der Waals surface area contributed by atoms with E-state index in [1.165, 1.54) is 24.2 Å². The smallest absolute Gasteiger partial charge is 0.407 e. The van der Waals surface area contributed by atoms with E-state index in [2.05, 4.69) is 4.98 Å². The summed E-state index contributed by atoms with van der Waals surface area (Å²) >= 11 is 0. The number of para-hydroxylation sites is 2. The molecule has 1 N–H and O–H groups in total. The number of Topliss-reactive ketones (excluding diaryl/α,β-unsaturated/α-hetero) is 1. The molecule has 0 bridgehead atoms. The van der Waals surface area contributed by atoms with Crippen LogP contribution in [0, 0.1) is 5.92 Å².